The van der Waals surface area contributed by atoms with Gasteiger partial charge in [0.15, 0.2) is 11.6 Å². The van der Waals surface area contributed by atoms with E-state index in [0.717, 1.165) is 17.7 Å². The molecule has 6 nitrogen and oxygen atoms in total. The van der Waals surface area contributed by atoms with E-state index in [-0.39, 0.29) is 48.5 Å². The van der Waals surface area contributed by atoms with Crippen LogP contribution in [0, 0.1) is 11.6 Å². The number of halogens is 2. The summed E-state index contributed by atoms with van der Waals surface area (Å²) in [6, 6.07) is 13.2. The Morgan fingerprint density at radius 3 is 2.55 bits per heavy atom. The number of likely N-dealkylation sites (tertiary alicyclic amines) is 1. The zero-order chi connectivity index (χ0) is 21.8. The molecule has 2 heterocycles. The highest BCUT2D eigenvalue weighted by atomic mass is 19.1. The van der Waals surface area contributed by atoms with Gasteiger partial charge in [-0.05, 0) is 48.0 Å². The first-order valence-corrected chi connectivity index (χ1v) is 9.68. The van der Waals surface area contributed by atoms with Crippen LogP contribution in [-0.4, -0.2) is 40.9 Å². The molecule has 1 saturated heterocycles. The molecule has 0 atom stereocenters. The Labute approximate surface area is 177 Å². The summed E-state index contributed by atoms with van der Waals surface area (Å²) in [5.74, 6) is -1.70. The van der Waals surface area contributed by atoms with Gasteiger partial charge in [0.05, 0.1) is 19.5 Å². The maximum Gasteiger partial charge on any atom is 0.254 e. The molecule has 2 amide bonds. The third-order valence-corrected chi connectivity index (χ3v) is 4.81. The monoisotopic (exact) mass is 423 g/mol. The minimum absolute atomic E-state index is 0.101. The van der Waals surface area contributed by atoms with Gasteiger partial charge in [-0.15, -0.1) is 0 Å². The molecule has 0 unspecified atom stereocenters. The van der Waals surface area contributed by atoms with Crippen molar-refractivity contribution in [2.24, 2.45) is 0 Å². The average Bonchev–Trinajstić information content (AvgIpc) is 2.71. The number of pyridine rings is 1. The predicted octanol–water partition coefficient (Wildman–Crippen LogP) is 3.44. The van der Waals surface area contributed by atoms with Gasteiger partial charge < -0.3 is 15.0 Å². The summed E-state index contributed by atoms with van der Waals surface area (Å²) in [4.78, 5) is 30.3. The van der Waals surface area contributed by atoms with Crippen LogP contribution in [0.4, 0.5) is 14.5 Å². The zero-order valence-corrected chi connectivity index (χ0v) is 16.4. The number of amides is 2. The van der Waals surface area contributed by atoms with E-state index < -0.39 is 17.5 Å². The predicted molar refractivity (Wildman–Crippen MR) is 110 cm³/mol. The Bertz CT molecular complexity index is 1100. The van der Waals surface area contributed by atoms with Gasteiger partial charge >= 0.3 is 0 Å². The summed E-state index contributed by atoms with van der Waals surface area (Å²) >= 11 is 0. The van der Waals surface area contributed by atoms with Gasteiger partial charge in [0.1, 0.15) is 11.9 Å². The number of nitrogens with zero attached hydrogens (tertiary/aromatic N) is 2. The van der Waals surface area contributed by atoms with E-state index in [1.54, 1.807) is 36.7 Å². The average molecular weight is 423 g/mol. The third kappa shape index (κ3) is 5.03. The van der Waals surface area contributed by atoms with E-state index >= 15 is 0 Å². The second kappa shape index (κ2) is 8.91. The minimum atomic E-state index is -0.634. The van der Waals surface area contributed by atoms with Gasteiger partial charge in [0.2, 0.25) is 5.91 Å². The zero-order valence-electron chi connectivity index (χ0n) is 16.4. The summed E-state index contributed by atoms with van der Waals surface area (Å²) in [7, 11) is 0. The number of para-hydroxylation sites is 1. The molecular weight excluding hydrogens is 404 g/mol. The van der Waals surface area contributed by atoms with E-state index in [1.807, 2.05) is 0 Å². The second-order valence-corrected chi connectivity index (χ2v) is 7.19. The number of nitrogens with one attached hydrogen (secondary N) is 1. The molecule has 31 heavy (non-hydrogen) atoms. The Morgan fingerprint density at radius 2 is 1.81 bits per heavy atom. The normalized spacial score (nSPS) is 13.4. The van der Waals surface area contributed by atoms with Crippen LogP contribution in [-0.2, 0) is 11.2 Å². The van der Waals surface area contributed by atoms with Gasteiger partial charge in [-0.3, -0.25) is 14.6 Å². The third-order valence-electron chi connectivity index (χ3n) is 4.81. The molecule has 158 valence electrons. The van der Waals surface area contributed by atoms with Crippen molar-refractivity contribution in [2.45, 2.75) is 12.5 Å². The van der Waals surface area contributed by atoms with E-state index in [2.05, 4.69) is 10.3 Å². The van der Waals surface area contributed by atoms with E-state index in [4.69, 9.17) is 4.74 Å². The fraction of sp³-hybridized carbons (Fsp3) is 0.174. The molecule has 8 heteroatoms. The van der Waals surface area contributed by atoms with E-state index in [0.29, 0.717) is 0 Å². The Balaban J connectivity index is 1.36. The molecule has 0 spiro atoms. The van der Waals surface area contributed by atoms with Crippen molar-refractivity contribution in [2.75, 3.05) is 18.4 Å². The number of anilines is 1. The molecule has 1 N–H and O–H groups in total. The maximum atomic E-state index is 14.1. The number of carbonyl (C=O) groups excluding carboxylic acids is 2. The molecule has 4 rings (SSSR count). The van der Waals surface area contributed by atoms with Crippen molar-refractivity contribution in [3.63, 3.8) is 0 Å². The van der Waals surface area contributed by atoms with Gasteiger partial charge in [-0.2, -0.15) is 0 Å². The first-order chi connectivity index (χ1) is 15.0. The van der Waals surface area contributed by atoms with Crippen LogP contribution in [0.15, 0.2) is 67.0 Å². The van der Waals surface area contributed by atoms with Gasteiger partial charge in [0, 0.05) is 23.6 Å². The molecule has 1 aromatic heterocycles. The first kappa shape index (κ1) is 20.5. The summed E-state index contributed by atoms with van der Waals surface area (Å²) in [6.07, 6.45) is 2.92. The van der Waals surface area contributed by atoms with Crippen LogP contribution in [0.1, 0.15) is 15.9 Å². The van der Waals surface area contributed by atoms with Crippen molar-refractivity contribution in [3.8, 4) is 5.75 Å². The van der Waals surface area contributed by atoms with Crippen LogP contribution in [0.25, 0.3) is 0 Å². The number of benzene rings is 2. The lowest BCUT2D eigenvalue weighted by Crippen LogP contribution is -2.56. The quantitative estimate of drug-likeness (QED) is 0.659. The number of ether oxygens (including phenoxy) is 1. The molecule has 0 aliphatic carbocycles. The van der Waals surface area contributed by atoms with Crippen molar-refractivity contribution in [1.82, 2.24) is 9.88 Å². The van der Waals surface area contributed by atoms with Crippen molar-refractivity contribution >= 4 is 17.5 Å². The Morgan fingerprint density at radius 1 is 1.06 bits per heavy atom. The highest BCUT2D eigenvalue weighted by Gasteiger charge is 2.33. The summed E-state index contributed by atoms with van der Waals surface area (Å²) in [6.45, 7) is 0.515. The molecule has 3 aromatic rings. The largest absolute Gasteiger partial charge is 0.484 e. The van der Waals surface area contributed by atoms with Gasteiger partial charge in [-0.25, -0.2) is 8.78 Å². The highest BCUT2D eigenvalue weighted by molar-refractivity contribution is 5.98. The lowest BCUT2D eigenvalue weighted by Gasteiger charge is -2.39. The molecule has 1 fully saturated rings. The number of rotatable bonds is 6. The lowest BCUT2D eigenvalue weighted by molar-refractivity contribution is -0.115. The molecular formula is C23H19F2N3O3. The number of carbonyl (C=O) groups is 2. The van der Waals surface area contributed by atoms with Gasteiger partial charge in [0.25, 0.3) is 5.91 Å². The Kier molecular flexibility index (Phi) is 5.88. The lowest BCUT2D eigenvalue weighted by atomic mass is 10.1. The van der Waals surface area contributed by atoms with Crippen molar-refractivity contribution < 1.29 is 23.1 Å². The molecule has 0 saturated carbocycles. The number of hydrogen-bond donors (Lipinski definition) is 1. The summed E-state index contributed by atoms with van der Waals surface area (Å²) < 4.78 is 33.3. The SMILES string of the molecule is O=C(Cc1ccncc1)Nc1cc(F)cc(C(=O)N2CC(Oc3ccccc3F)C2)c1. The Hall–Kier alpha value is -3.81. The standard InChI is InChI=1S/C23H19F2N3O3/c24-17-10-16(11-18(12-17)27-22(29)9-15-5-7-26-8-6-15)23(30)28-13-19(14-28)31-21-4-2-1-3-20(21)25/h1-8,10-12,19H,9,13-14H2,(H,27,29). The first-order valence-electron chi connectivity index (χ1n) is 9.68. The maximum absolute atomic E-state index is 14.1. The summed E-state index contributed by atoms with van der Waals surface area (Å²) in [5, 5.41) is 2.61. The van der Waals surface area contributed by atoms with Crippen LogP contribution < -0.4 is 10.1 Å². The van der Waals surface area contributed by atoms with Crippen LogP contribution >= 0.6 is 0 Å². The molecule has 2 aromatic carbocycles. The second-order valence-electron chi connectivity index (χ2n) is 7.19. The molecule has 1 aliphatic rings. The van der Waals surface area contributed by atoms with Crippen LogP contribution in [0.3, 0.4) is 0 Å². The number of hydrogen-bond acceptors (Lipinski definition) is 4. The fourth-order valence-corrected chi connectivity index (χ4v) is 3.26. The summed E-state index contributed by atoms with van der Waals surface area (Å²) in [5.41, 5.74) is 1.08. The topological polar surface area (TPSA) is 71.5 Å². The van der Waals surface area contributed by atoms with Crippen LogP contribution in [0.5, 0.6) is 5.75 Å². The van der Waals surface area contributed by atoms with E-state index in [9.17, 15) is 18.4 Å². The molecule has 0 bridgehead atoms. The number of aromatic nitrogens is 1. The fourth-order valence-electron chi connectivity index (χ4n) is 3.26. The molecule has 1 aliphatic heterocycles. The van der Waals surface area contributed by atoms with E-state index in [1.165, 1.54) is 23.1 Å². The van der Waals surface area contributed by atoms with Gasteiger partial charge in [-0.1, -0.05) is 12.1 Å². The van der Waals surface area contributed by atoms with Crippen molar-refractivity contribution in [1.29, 1.82) is 0 Å². The minimum Gasteiger partial charge on any atom is -0.484 e. The molecule has 0 radical (unpaired) electrons. The highest BCUT2D eigenvalue weighted by Crippen LogP contribution is 2.23. The smallest absolute Gasteiger partial charge is 0.254 e. The van der Waals surface area contributed by atoms with Crippen molar-refractivity contribution in [3.05, 3.63) is 89.8 Å². The van der Waals surface area contributed by atoms with Crippen LogP contribution in [0.2, 0.25) is 0 Å².